The molecule has 1 aromatic carbocycles. The molecule has 0 spiro atoms. The Kier molecular flexibility index (Phi) is 4.52. The van der Waals surface area contributed by atoms with Crippen molar-refractivity contribution in [3.63, 3.8) is 0 Å². The number of carbonyl (C=O) groups excluding carboxylic acids is 1. The molecule has 112 valence electrons. The van der Waals surface area contributed by atoms with Crippen molar-refractivity contribution >= 4 is 5.91 Å². The Bertz CT molecular complexity index is 560. The summed E-state index contributed by atoms with van der Waals surface area (Å²) in [6.45, 7) is 6.16. The van der Waals surface area contributed by atoms with Crippen molar-refractivity contribution < 1.29 is 9.53 Å². The third kappa shape index (κ3) is 3.98. The number of carbonyl (C=O) groups is 1. The monoisotopic (exact) mass is 286 g/mol. The number of amides is 1. The molecule has 1 N–H and O–H groups in total. The van der Waals surface area contributed by atoms with Gasteiger partial charge in [-0.1, -0.05) is 26.0 Å². The number of nitrogens with zero attached hydrogens (tertiary/aromatic N) is 1. The summed E-state index contributed by atoms with van der Waals surface area (Å²) in [5.41, 5.74) is 0.745. The first-order chi connectivity index (χ1) is 9.91. The fraction of sp³-hybridized carbons (Fsp3) is 0.529. The van der Waals surface area contributed by atoms with Gasteiger partial charge >= 0.3 is 0 Å². The van der Waals surface area contributed by atoms with Crippen LogP contribution < -0.4 is 10.1 Å². The van der Waals surface area contributed by atoms with E-state index in [4.69, 9.17) is 10.00 Å². The molecule has 0 aliphatic heterocycles. The molecule has 2 atom stereocenters. The number of nitriles is 1. The second kappa shape index (κ2) is 6.17. The third-order valence-electron chi connectivity index (χ3n) is 4.00. The first kappa shape index (κ1) is 15.4. The van der Waals surface area contributed by atoms with Crippen LogP contribution in [0.1, 0.15) is 45.6 Å². The van der Waals surface area contributed by atoms with Gasteiger partial charge in [0.1, 0.15) is 11.8 Å². The fourth-order valence-corrected chi connectivity index (χ4v) is 2.78. The summed E-state index contributed by atoms with van der Waals surface area (Å²) in [6, 6.07) is 9.25. The molecule has 0 bridgehead atoms. The van der Waals surface area contributed by atoms with Crippen LogP contribution >= 0.6 is 0 Å². The number of rotatable bonds is 4. The molecule has 0 aromatic heterocycles. The van der Waals surface area contributed by atoms with Crippen LogP contribution in [0.4, 0.5) is 0 Å². The number of hydrogen-bond donors (Lipinski definition) is 1. The Hall–Kier alpha value is -2.02. The molecule has 1 saturated carbocycles. The first-order valence-electron chi connectivity index (χ1n) is 7.37. The molecule has 1 aromatic rings. The van der Waals surface area contributed by atoms with Gasteiger partial charge in [-0.15, -0.1) is 0 Å². The minimum Gasteiger partial charge on any atom is -0.480 e. The molecule has 2 unspecified atom stereocenters. The highest BCUT2D eigenvalue weighted by atomic mass is 16.5. The lowest BCUT2D eigenvalue weighted by Gasteiger charge is -2.20. The van der Waals surface area contributed by atoms with E-state index in [2.05, 4.69) is 25.2 Å². The predicted molar refractivity (Wildman–Crippen MR) is 80.8 cm³/mol. The molecule has 1 fully saturated rings. The molecule has 0 heterocycles. The van der Waals surface area contributed by atoms with Gasteiger partial charge in [0, 0.05) is 6.04 Å². The van der Waals surface area contributed by atoms with Crippen LogP contribution in [0.25, 0.3) is 0 Å². The standard InChI is InChI=1S/C17H22N2O2/c1-12(21-15-7-5-4-6-13(15)11-18)16(20)19-14-8-9-17(2,3)10-14/h4-7,12,14H,8-10H2,1-3H3,(H,19,20). The summed E-state index contributed by atoms with van der Waals surface area (Å²) < 4.78 is 5.63. The largest absolute Gasteiger partial charge is 0.480 e. The van der Waals surface area contributed by atoms with Crippen molar-refractivity contribution in [3.05, 3.63) is 29.8 Å². The predicted octanol–water partition coefficient (Wildman–Crippen LogP) is 3.02. The van der Waals surface area contributed by atoms with E-state index in [1.165, 1.54) is 0 Å². The summed E-state index contributed by atoms with van der Waals surface area (Å²) in [4.78, 5) is 12.2. The number of benzene rings is 1. The minimum absolute atomic E-state index is 0.120. The molecule has 4 nitrogen and oxygen atoms in total. The number of para-hydroxylation sites is 1. The van der Waals surface area contributed by atoms with Gasteiger partial charge in [-0.2, -0.15) is 5.26 Å². The van der Waals surface area contributed by atoms with E-state index in [0.29, 0.717) is 16.7 Å². The maximum atomic E-state index is 12.2. The molecule has 21 heavy (non-hydrogen) atoms. The van der Waals surface area contributed by atoms with Crippen molar-refractivity contribution in [1.29, 1.82) is 5.26 Å². The van der Waals surface area contributed by atoms with Crippen LogP contribution in [-0.4, -0.2) is 18.1 Å². The summed E-state index contributed by atoms with van der Waals surface area (Å²) in [5.74, 6) is 0.333. The maximum absolute atomic E-state index is 12.2. The van der Waals surface area contributed by atoms with Crippen LogP contribution in [-0.2, 0) is 4.79 Å². The van der Waals surface area contributed by atoms with E-state index in [-0.39, 0.29) is 11.9 Å². The summed E-state index contributed by atoms with van der Waals surface area (Å²) in [7, 11) is 0. The van der Waals surface area contributed by atoms with E-state index >= 15 is 0 Å². The topological polar surface area (TPSA) is 62.1 Å². The molecule has 2 rings (SSSR count). The lowest BCUT2D eigenvalue weighted by atomic mass is 9.92. The van der Waals surface area contributed by atoms with E-state index in [1.54, 1.807) is 31.2 Å². The highest BCUT2D eigenvalue weighted by Gasteiger charge is 2.32. The minimum atomic E-state index is -0.608. The van der Waals surface area contributed by atoms with Crippen molar-refractivity contribution in [2.75, 3.05) is 0 Å². The van der Waals surface area contributed by atoms with E-state index in [9.17, 15) is 4.79 Å². The molecule has 1 aliphatic rings. The Morgan fingerprint density at radius 1 is 1.48 bits per heavy atom. The Labute approximate surface area is 126 Å². The third-order valence-corrected chi connectivity index (χ3v) is 4.00. The van der Waals surface area contributed by atoms with E-state index < -0.39 is 6.10 Å². The quantitative estimate of drug-likeness (QED) is 0.925. The zero-order valence-electron chi connectivity index (χ0n) is 12.8. The lowest BCUT2D eigenvalue weighted by Crippen LogP contribution is -2.41. The van der Waals surface area contributed by atoms with Crippen LogP contribution in [0.5, 0.6) is 5.75 Å². The van der Waals surface area contributed by atoms with Crippen molar-refractivity contribution in [3.8, 4) is 11.8 Å². The van der Waals surface area contributed by atoms with E-state index in [0.717, 1.165) is 19.3 Å². The van der Waals surface area contributed by atoms with Crippen LogP contribution in [0.15, 0.2) is 24.3 Å². The smallest absolute Gasteiger partial charge is 0.260 e. The molecule has 0 saturated heterocycles. The number of hydrogen-bond acceptors (Lipinski definition) is 3. The van der Waals surface area contributed by atoms with Crippen LogP contribution in [0.2, 0.25) is 0 Å². The zero-order chi connectivity index (χ0) is 15.5. The van der Waals surface area contributed by atoms with Crippen molar-refractivity contribution in [1.82, 2.24) is 5.32 Å². The van der Waals surface area contributed by atoms with Gasteiger partial charge in [0.25, 0.3) is 5.91 Å². The van der Waals surface area contributed by atoms with Crippen molar-refractivity contribution in [2.24, 2.45) is 5.41 Å². The Balaban J connectivity index is 1.93. The fourth-order valence-electron chi connectivity index (χ4n) is 2.78. The molecule has 0 radical (unpaired) electrons. The lowest BCUT2D eigenvalue weighted by molar-refractivity contribution is -0.128. The molecular formula is C17H22N2O2. The first-order valence-corrected chi connectivity index (χ1v) is 7.37. The van der Waals surface area contributed by atoms with E-state index in [1.807, 2.05) is 0 Å². The average molecular weight is 286 g/mol. The van der Waals surface area contributed by atoms with Gasteiger partial charge in [-0.3, -0.25) is 4.79 Å². The molecular weight excluding hydrogens is 264 g/mol. The van der Waals surface area contributed by atoms with Gasteiger partial charge in [-0.25, -0.2) is 0 Å². The van der Waals surface area contributed by atoms with Crippen LogP contribution in [0, 0.1) is 16.7 Å². The molecule has 1 aliphatic carbocycles. The second-order valence-corrected chi connectivity index (χ2v) is 6.48. The van der Waals surface area contributed by atoms with Crippen molar-refractivity contribution in [2.45, 2.75) is 52.2 Å². The Morgan fingerprint density at radius 3 is 2.81 bits per heavy atom. The normalized spacial score (nSPS) is 21.3. The second-order valence-electron chi connectivity index (χ2n) is 6.48. The van der Waals surface area contributed by atoms with Gasteiger partial charge in [0.15, 0.2) is 6.10 Å². The zero-order valence-corrected chi connectivity index (χ0v) is 12.8. The van der Waals surface area contributed by atoms with Gasteiger partial charge in [0.2, 0.25) is 0 Å². The highest BCUT2D eigenvalue weighted by molar-refractivity contribution is 5.81. The Morgan fingerprint density at radius 2 is 2.19 bits per heavy atom. The summed E-state index contributed by atoms with van der Waals surface area (Å²) in [6.07, 6.45) is 2.54. The van der Waals surface area contributed by atoms with Gasteiger partial charge < -0.3 is 10.1 Å². The van der Waals surface area contributed by atoms with Gasteiger partial charge in [-0.05, 0) is 43.7 Å². The summed E-state index contributed by atoms with van der Waals surface area (Å²) >= 11 is 0. The number of ether oxygens (including phenoxy) is 1. The molecule has 1 amide bonds. The summed E-state index contributed by atoms with van der Waals surface area (Å²) in [5, 5.41) is 12.1. The number of nitrogens with one attached hydrogen (secondary N) is 1. The maximum Gasteiger partial charge on any atom is 0.260 e. The van der Waals surface area contributed by atoms with Gasteiger partial charge in [0.05, 0.1) is 5.56 Å². The SMILES string of the molecule is CC(Oc1ccccc1C#N)C(=O)NC1CCC(C)(C)C1. The average Bonchev–Trinajstić information content (AvgIpc) is 2.78. The molecule has 4 heteroatoms. The van der Waals surface area contributed by atoms with Crippen LogP contribution in [0.3, 0.4) is 0 Å². The highest BCUT2D eigenvalue weighted by Crippen LogP contribution is 2.36.